The van der Waals surface area contributed by atoms with E-state index in [0.29, 0.717) is 0 Å². The van der Waals surface area contributed by atoms with Crippen LogP contribution in [0.25, 0.3) is 0 Å². The maximum absolute atomic E-state index is 7.52. The molecule has 4 nitrogen and oxygen atoms in total. The van der Waals surface area contributed by atoms with Gasteiger partial charge in [-0.25, -0.2) is 4.98 Å². The molecule has 1 aromatic heterocycles. The molecular formula is C11H16N4. The molecule has 4 N–H and O–H groups in total. The van der Waals surface area contributed by atoms with Gasteiger partial charge in [-0.05, 0) is 37.8 Å². The molecule has 0 saturated heterocycles. The van der Waals surface area contributed by atoms with E-state index < -0.39 is 0 Å². The molecule has 1 aliphatic carbocycles. The summed E-state index contributed by atoms with van der Waals surface area (Å²) < 4.78 is 0. The van der Waals surface area contributed by atoms with E-state index in [-0.39, 0.29) is 5.84 Å². The second-order valence-electron chi connectivity index (χ2n) is 3.79. The molecule has 4 heteroatoms. The molecule has 0 spiro atoms. The van der Waals surface area contributed by atoms with Crippen LogP contribution in [0.5, 0.6) is 0 Å². The lowest BCUT2D eigenvalue weighted by Gasteiger charge is -2.11. The Balaban J connectivity index is 2.47. The first kappa shape index (κ1) is 9.96. The van der Waals surface area contributed by atoms with Crippen molar-refractivity contribution in [3.63, 3.8) is 0 Å². The molecule has 1 heterocycles. The third kappa shape index (κ3) is 1.79. The van der Waals surface area contributed by atoms with Gasteiger partial charge in [0.05, 0.1) is 5.56 Å². The van der Waals surface area contributed by atoms with Gasteiger partial charge >= 0.3 is 0 Å². The van der Waals surface area contributed by atoms with Crippen LogP contribution in [0.3, 0.4) is 0 Å². The van der Waals surface area contributed by atoms with Crippen LogP contribution in [0, 0.1) is 5.41 Å². The summed E-state index contributed by atoms with van der Waals surface area (Å²) in [6.07, 6.45) is 3.27. The van der Waals surface area contributed by atoms with Gasteiger partial charge in [-0.2, -0.15) is 0 Å². The van der Waals surface area contributed by atoms with E-state index in [1.807, 2.05) is 13.0 Å². The smallest absolute Gasteiger partial charge is 0.137 e. The minimum absolute atomic E-state index is 0.0909. The summed E-state index contributed by atoms with van der Waals surface area (Å²) in [7, 11) is 0. The quantitative estimate of drug-likeness (QED) is 0.513. The summed E-state index contributed by atoms with van der Waals surface area (Å²) in [5.41, 5.74) is 8.69. The number of fused-ring (bicyclic) bond motifs is 1. The molecule has 0 fully saturated rings. The number of nitrogens with zero attached hydrogens (tertiary/aromatic N) is 1. The molecule has 80 valence electrons. The number of aromatic nitrogens is 1. The van der Waals surface area contributed by atoms with Crippen molar-refractivity contribution < 1.29 is 0 Å². The topological polar surface area (TPSA) is 74.8 Å². The molecule has 0 radical (unpaired) electrons. The Morgan fingerprint density at radius 2 is 2.40 bits per heavy atom. The summed E-state index contributed by atoms with van der Waals surface area (Å²) in [6.45, 7) is 2.81. The molecule has 0 amide bonds. The molecule has 0 bridgehead atoms. The average Bonchev–Trinajstić information content (AvgIpc) is 2.63. The van der Waals surface area contributed by atoms with Crippen LogP contribution in [0.15, 0.2) is 6.07 Å². The highest BCUT2D eigenvalue weighted by molar-refractivity contribution is 5.99. The van der Waals surface area contributed by atoms with Gasteiger partial charge < -0.3 is 11.1 Å². The van der Waals surface area contributed by atoms with E-state index in [1.165, 1.54) is 5.56 Å². The standard InChI is InChI=1S/C11H16N4/c1-2-14-11-8(10(12)13)6-7-4-3-5-9(7)15-11/h6H,2-5H2,1H3,(H3,12,13)(H,14,15). The highest BCUT2D eigenvalue weighted by Crippen LogP contribution is 2.24. The van der Waals surface area contributed by atoms with Gasteiger partial charge in [-0.1, -0.05) is 0 Å². The lowest BCUT2D eigenvalue weighted by atomic mass is 10.1. The number of anilines is 1. The Bertz CT molecular complexity index is 398. The molecule has 0 atom stereocenters. The lowest BCUT2D eigenvalue weighted by Crippen LogP contribution is -2.16. The van der Waals surface area contributed by atoms with Crippen molar-refractivity contribution in [1.82, 2.24) is 4.98 Å². The van der Waals surface area contributed by atoms with Crippen LogP contribution in [0.4, 0.5) is 5.82 Å². The number of nitrogen functional groups attached to an aromatic ring is 1. The van der Waals surface area contributed by atoms with E-state index in [0.717, 1.165) is 42.9 Å². The van der Waals surface area contributed by atoms with Gasteiger partial charge in [-0.15, -0.1) is 0 Å². The monoisotopic (exact) mass is 204 g/mol. The second kappa shape index (κ2) is 3.88. The molecule has 0 aromatic carbocycles. The first-order valence-corrected chi connectivity index (χ1v) is 5.33. The summed E-state index contributed by atoms with van der Waals surface area (Å²) in [5, 5.41) is 10.7. The van der Waals surface area contributed by atoms with Crippen molar-refractivity contribution in [3.05, 3.63) is 22.9 Å². The fourth-order valence-corrected chi connectivity index (χ4v) is 1.98. The third-order valence-corrected chi connectivity index (χ3v) is 2.69. The van der Waals surface area contributed by atoms with Gasteiger partial charge in [0.1, 0.15) is 11.7 Å². The number of rotatable bonds is 3. The van der Waals surface area contributed by atoms with Crippen LogP contribution < -0.4 is 11.1 Å². The largest absolute Gasteiger partial charge is 0.384 e. The Hall–Kier alpha value is -1.58. The van der Waals surface area contributed by atoms with E-state index >= 15 is 0 Å². The van der Waals surface area contributed by atoms with E-state index in [4.69, 9.17) is 11.1 Å². The fourth-order valence-electron chi connectivity index (χ4n) is 1.98. The number of hydrogen-bond donors (Lipinski definition) is 3. The second-order valence-corrected chi connectivity index (χ2v) is 3.79. The number of amidine groups is 1. The Morgan fingerprint density at radius 1 is 1.60 bits per heavy atom. The van der Waals surface area contributed by atoms with Crippen molar-refractivity contribution in [1.29, 1.82) is 5.41 Å². The summed E-state index contributed by atoms with van der Waals surface area (Å²) in [5.74, 6) is 0.846. The maximum atomic E-state index is 7.52. The van der Waals surface area contributed by atoms with Crippen molar-refractivity contribution in [2.24, 2.45) is 5.73 Å². The highest BCUT2D eigenvalue weighted by atomic mass is 15.0. The van der Waals surface area contributed by atoms with Crippen LogP contribution in [-0.4, -0.2) is 17.4 Å². The number of nitrogens with one attached hydrogen (secondary N) is 2. The zero-order valence-corrected chi connectivity index (χ0v) is 8.93. The zero-order chi connectivity index (χ0) is 10.8. The van der Waals surface area contributed by atoms with Gasteiger partial charge in [0.2, 0.25) is 0 Å². The lowest BCUT2D eigenvalue weighted by molar-refractivity contribution is 0.899. The van der Waals surface area contributed by atoms with E-state index in [9.17, 15) is 0 Å². The van der Waals surface area contributed by atoms with Crippen LogP contribution in [0.2, 0.25) is 0 Å². The molecule has 2 rings (SSSR count). The van der Waals surface area contributed by atoms with Crippen molar-refractivity contribution in [2.75, 3.05) is 11.9 Å². The minimum atomic E-state index is 0.0909. The van der Waals surface area contributed by atoms with Gasteiger partial charge in [0, 0.05) is 12.2 Å². The summed E-state index contributed by atoms with van der Waals surface area (Å²) in [6, 6.07) is 2.01. The summed E-state index contributed by atoms with van der Waals surface area (Å²) >= 11 is 0. The first-order chi connectivity index (χ1) is 7.22. The highest BCUT2D eigenvalue weighted by Gasteiger charge is 2.17. The van der Waals surface area contributed by atoms with Gasteiger partial charge in [0.25, 0.3) is 0 Å². The van der Waals surface area contributed by atoms with E-state index in [1.54, 1.807) is 0 Å². The van der Waals surface area contributed by atoms with Crippen molar-refractivity contribution in [2.45, 2.75) is 26.2 Å². The predicted octanol–water partition coefficient (Wildman–Crippen LogP) is 1.29. The van der Waals surface area contributed by atoms with Crippen LogP contribution in [-0.2, 0) is 12.8 Å². The van der Waals surface area contributed by atoms with Gasteiger partial charge in [0.15, 0.2) is 0 Å². The normalized spacial score (nSPS) is 13.7. The Kier molecular flexibility index (Phi) is 2.58. The first-order valence-electron chi connectivity index (χ1n) is 5.33. The zero-order valence-electron chi connectivity index (χ0n) is 8.93. The fraction of sp³-hybridized carbons (Fsp3) is 0.455. The molecule has 0 aliphatic heterocycles. The number of hydrogen-bond acceptors (Lipinski definition) is 3. The predicted molar refractivity (Wildman–Crippen MR) is 61.4 cm³/mol. The average molecular weight is 204 g/mol. The van der Waals surface area contributed by atoms with Crippen molar-refractivity contribution in [3.8, 4) is 0 Å². The number of pyridine rings is 1. The minimum Gasteiger partial charge on any atom is -0.384 e. The molecular weight excluding hydrogens is 188 g/mol. The van der Waals surface area contributed by atoms with Crippen LogP contribution >= 0.6 is 0 Å². The molecule has 0 saturated carbocycles. The maximum Gasteiger partial charge on any atom is 0.137 e. The van der Waals surface area contributed by atoms with E-state index in [2.05, 4.69) is 10.3 Å². The van der Waals surface area contributed by atoms with Crippen molar-refractivity contribution >= 4 is 11.7 Å². The van der Waals surface area contributed by atoms with Crippen LogP contribution in [0.1, 0.15) is 30.2 Å². The molecule has 0 unspecified atom stereocenters. The Morgan fingerprint density at radius 3 is 3.07 bits per heavy atom. The molecule has 15 heavy (non-hydrogen) atoms. The third-order valence-electron chi connectivity index (χ3n) is 2.69. The molecule has 1 aliphatic rings. The number of aryl methyl sites for hydroxylation is 2. The van der Waals surface area contributed by atoms with Gasteiger partial charge in [-0.3, -0.25) is 5.41 Å². The Labute approximate surface area is 89.4 Å². The SMILES string of the molecule is CCNc1nc2c(cc1C(=N)N)CCC2. The summed E-state index contributed by atoms with van der Waals surface area (Å²) in [4.78, 5) is 4.53. The number of nitrogens with two attached hydrogens (primary N) is 1. The molecule has 1 aromatic rings.